The molecular weight excluding hydrogens is 306 g/mol. The van der Waals surface area contributed by atoms with Gasteiger partial charge in [-0.15, -0.1) is 0 Å². The SMILES string of the molecule is COc1cc(NC(=O)NC(C)c2ccccc2)ccc1NC(C)=O. The summed E-state index contributed by atoms with van der Waals surface area (Å²) >= 11 is 0. The molecule has 0 aliphatic rings. The lowest BCUT2D eigenvalue weighted by atomic mass is 10.1. The van der Waals surface area contributed by atoms with Crippen molar-refractivity contribution in [3.8, 4) is 5.75 Å². The summed E-state index contributed by atoms with van der Waals surface area (Å²) in [4.78, 5) is 23.3. The maximum absolute atomic E-state index is 12.1. The summed E-state index contributed by atoms with van der Waals surface area (Å²) in [5, 5.41) is 8.29. The maximum Gasteiger partial charge on any atom is 0.319 e. The van der Waals surface area contributed by atoms with Crippen LogP contribution in [0.3, 0.4) is 0 Å². The monoisotopic (exact) mass is 327 g/mol. The van der Waals surface area contributed by atoms with Crippen LogP contribution in [0.15, 0.2) is 48.5 Å². The first-order chi connectivity index (χ1) is 11.5. The van der Waals surface area contributed by atoms with Crippen LogP contribution in [0.2, 0.25) is 0 Å². The van der Waals surface area contributed by atoms with Crippen molar-refractivity contribution in [1.29, 1.82) is 0 Å². The van der Waals surface area contributed by atoms with Gasteiger partial charge in [0.25, 0.3) is 0 Å². The van der Waals surface area contributed by atoms with E-state index >= 15 is 0 Å². The van der Waals surface area contributed by atoms with Gasteiger partial charge in [-0.3, -0.25) is 4.79 Å². The molecule has 2 rings (SSSR count). The Morgan fingerprint density at radius 3 is 2.38 bits per heavy atom. The summed E-state index contributed by atoms with van der Waals surface area (Å²) in [6.45, 7) is 3.33. The van der Waals surface area contributed by atoms with Crippen LogP contribution in [0, 0.1) is 0 Å². The van der Waals surface area contributed by atoms with E-state index in [1.165, 1.54) is 14.0 Å². The lowest BCUT2D eigenvalue weighted by Gasteiger charge is -2.16. The van der Waals surface area contributed by atoms with Gasteiger partial charge in [-0.25, -0.2) is 4.79 Å². The zero-order valence-corrected chi connectivity index (χ0v) is 13.9. The molecule has 3 amide bonds. The van der Waals surface area contributed by atoms with Gasteiger partial charge in [0.15, 0.2) is 0 Å². The topological polar surface area (TPSA) is 79.5 Å². The zero-order chi connectivity index (χ0) is 17.5. The Balaban J connectivity index is 2.02. The molecule has 0 radical (unpaired) electrons. The third-order valence-electron chi connectivity index (χ3n) is 3.42. The molecule has 0 aromatic heterocycles. The van der Waals surface area contributed by atoms with Crippen molar-refractivity contribution in [2.75, 3.05) is 17.7 Å². The number of methoxy groups -OCH3 is 1. The smallest absolute Gasteiger partial charge is 0.319 e. The number of rotatable bonds is 5. The molecule has 0 heterocycles. The first kappa shape index (κ1) is 17.3. The lowest BCUT2D eigenvalue weighted by Crippen LogP contribution is -2.31. The first-order valence-corrected chi connectivity index (χ1v) is 7.57. The average molecular weight is 327 g/mol. The molecule has 126 valence electrons. The predicted molar refractivity (Wildman–Crippen MR) is 94.3 cm³/mol. The highest BCUT2D eigenvalue weighted by molar-refractivity contribution is 5.93. The standard InChI is InChI=1S/C18H21N3O3/c1-12(14-7-5-4-6-8-14)19-18(23)21-15-9-10-16(20-13(2)22)17(11-15)24-3/h4-12H,1-3H3,(H,20,22)(H2,19,21,23). The Morgan fingerprint density at radius 2 is 1.75 bits per heavy atom. The molecule has 3 N–H and O–H groups in total. The molecule has 24 heavy (non-hydrogen) atoms. The van der Waals surface area contributed by atoms with Gasteiger partial charge in [0.05, 0.1) is 18.8 Å². The Labute approximate surface area is 141 Å². The number of hydrogen-bond donors (Lipinski definition) is 3. The Hall–Kier alpha value is -3.02. The van der Waals surface area contributed by atoms with Crippen LogP contribution in [0.1, 0.15) is 25.5 Å². The van der Waals surface area contributed by atoms with E-state index in [4.69, 9.17) is 4.74 Å². The second kappa shape index (κ2) is 8.01. The summed E-state index contributed by atoms with van der Waals surface area (Å²) in [5.74, 6) is 0.280. The number of carbonyl (C=O) groups is 2. The van der Waals surface area contributed by atoms with Crippen LogP contribution in [-0.2, 0) is 4.79 Å². The van der Waals surface area contributed by atoms with E-state index in [0.29, 0.717) is 17.1 Å². The molecular formula is C18H21N3O3. The predicted octanol–water partition coefficient (Wildman–Crippen LogP) is 3.54. The zero-order valence-electron chi connectivity index (χ0n) is 13.9. The molecule has 0 saturated heterocycles. The normalized spacial score (nSPS) is 11.3. The molecule has 6 heteroatoms. The van der Waals surface area contributed by atoms with E-state index in [2.05, 4.69) is 16.0 Å². The average Bonchev–Trinajstić information content (AvgIpc) is 2.56. The maximum atomic E-state index is 12.1. The molecule has 0 aliphatic carbocycles. The van der Waals surface area contributed by atoms with Gasteiger partial charge in [0.2, 0.25) is 5.91 Å². The van der Waals surface area contributed by atoms with Crippen molar-refractivity contribution in [2.24, 2.45) is 0 Å². The third-order valence-corrected chi connectivity index (χ3v) is 3.42. The summed E-state index contributed by atoms with van der Waals surface area (Å²) in [7, 11) is 1.50. The molecule has 2 aromatic carbocycles. The van der Waals surface area contributed by atoms with Crippen molar-refractivity contribution >= 4 is 23.3 Å². The fourth-order valence-corrected chi connectivity index (χ4v) is 2.25. The van der Waals surface area contributed by atoms with Crippen molar-refractivity contribution in [1.82, 2.24) is 5.32 Å². The summed E-state index contributed by atoms with van der Waals surface area (Å²) in [5.41, 5.74) is 2.14. The van der Waals surface area contributed by atoms with E-state index in [1.807, 2.05) is 37.3 Å². The fourth-order valence-electron chi connectivity index (χ4n) is 2.25. The van der Waals surface area contributed by atoms with Gasteiger partial charge in [-0.2, -0.15) is 0 Å². The number of benzene rings is 2. The second-order valence-corrected chi connectivity index (χ2v) is 5.33. The van der Waals surface area contributed by atoms with Crippen LogP contribution >= 0.6 is 0 Å². The van der Waals surface area contributed by atoms with Crippen LogP contribution in [0.25, 0.3) is 0 Å². The van der Waals surface area contributed by atoms with E-state index in [0.717, 1.165) is 5.56 Å². The first-order valence-electron chi connectivity index (χ1n) is 7.57. The Bertz CT molecular complexity index is 717. The molecule has 1 unspecified atom stereocenters. The number of amides is 3. The van der Waals surface area contributed by atoms with Gasteiger partial charge >= 0.3 is 6.03 Å². The number of carbonyl (C=O) groups excluding carboxylic acids is 2. The second-order valence-electron chi connectivity index (χ2n) is 5.33. The highest BCUT2D eigenvalue weighted by Gasteiger charge is 2.11. The van der Waals surface area contributed by atoms with Crippen LogP contribution in [-0.4, -0.2) is 19.0 Å². The molecule has 0 bridgehead atoms. The quantitative estimate of drug-likeness (QED) is 0.786. The molecule has 6 nitrogen and oxygen atoms in total. The van der Waals surface area contributed by atoms with E-state index in [9.17, 15) is 9.59 Å². The van der Waals surface area contributed by atoms with Crippen LogP contribution in [0.5, 0.6) is 5.75 Å². The molecule has 0 fully saturated rings. The lowest BCUT2D eigenvalue weighted by molar-refractivity contribution is -0.114. The largest absolute Gasteiger partial charge is 0.494 e. The molecule has 0 spiro atoms. The third kappa shape index (κ3) is 4.74. The summed E-state index contributed by atoms with van der Waals surface area (Å²) in [6, 6.07) is 14.3. The number of ether oxygens (including phenoxy) is 1. The highest BCUT2D eigenvalue weighted by atomic mass is 16.5. The highest BCUT2D eigenvalue weighted by Crippen LogP contribution is 2.28. The number of anilines is 2. The number of nitrogens with one attached hydrogen (secondary N) is 3. The van der Waals surface area contributed by atoms with E-state index in [-0.39, 0.29) is 18.0 Å². The van der Waals surface area contributed by atoms with Crippen molar-refractivity contribution in [3.63, 3.8) is 0 Å². The molecule has 0 aliphatic heterocycles. The minimum absolute atomic E-state index is 0.119. The minimum atomic E-state index is -0.319. The van der Waals surface area contributed by atoms with Gasteiger partial charge in [-0.1, -0.05) is 30.3 Å². The molecule has 1 atom stereocenters. The summed E-state index contributed by atoms with van der Waals surface area (Å²) in [6.07, 6.45) is 0. The Morgan fingerprint density at radius 1 is 1.04 bits per heavy atom. The van der Waals surface area contributed by atoms with Crippen molar-refractivity contribution in [2.45, 2.75) is 19.9 Å². The van der Waals surface area contributed by atoms with E-state index in [1.54, 1.807) is 18.2 Å². The van der Waals surface area contributed by atoms with Gasteiger partial charge in [-0.05, 0) is 24.6 Å². The van der Waals surface area contributed by atoms with Gasteiger partial charge in [0, 0.05) is 18.7 Å². The van der Waals surface area contributed by atoms with Crippen molar-refractivity contribution < 1.29 is 14.3 Å². The van der Waals surface area contributed by atoms with Gasteiger partial charge < -0.3 is 20.7 Å². The van der Waals surface area contributed by atoms with E-state index < -0.39 is 0 Å². The molecule has 0 saturated carbocycles. The minimum Gasteiger partial charge on any atom is -0.494 e. The number of hydrogen-bond acceptors (Lipinski definition) is 3. The van der Waals surface area contributed by atoms with Crippen LogP contribution in [0.4, 0.5) is 16.2 Å². The summed E-state index contributed by atoms with van der Waals surface area (Å²) < 4.78 is 5.23. The van der Waals surface area contributed by atoms with Crippen molar-refractivity contribution in [3.05, 3.63) is 54.1 Å². The fraction of sp³-hybridized carbons (Fsp3) is 0.222. The Kier molecular flexibility index (Phi) is 5.78. The number of urea groups is 1. The van der Waals surface area contributed by atoms with Crippen LogP contribution < -0.4 is 20.7 Å². The van der Waals surface area contributed by atoms with Gasteiger partial charge in [0.1, 0.15) is 5.75 Å². The molecule has 2 aromatic rings.